The van der Waals surface area contributed by atoms with Gasteiger partial charge in [0.2, 0.25) is 5.91 Å². The number of hydrogen-bond acceptors (Lipinski definition) is 4. The van der Waals surface area contributed by atoms with E-state index in [2.05, 4.69) is 29.2 Å². The quantitative estimate of drug-likeness (QED) is 0.782. The zero-order valence-electron chi connectivity index (χ0n) is 11.9. The monoisotopic (exact) mass is 262 g/mol. The van der Waals surface area contributed by atoms with Gasteiger partial charge in [0.1, 0.15) is 0 Å². The Morgan fingerprint density at radius 2 is 2.00 bits per heavy atom. The number of benzene rings is 1. The number of nitrogens with one attached hydrogen (secondary N) is 1. The number of carbonyl (C=O) groups excluding carboxylic acids is 1. The summed E-state index contributed by atoms with van der Waals surface area (Å²) in [6.45, 7) is 1.99. The first-order valence-corrected chi connectivity index (χ1v) is 6.55. The minimum atomic E-state index is 0.0433. The molecule has 0 aliphatic carbocycles. The van der Waals surface area contributed by atoms with Crippen molar-refractivity contribution in [2.45, 2.75) is 12.8 Å². The molecule has 5 heteroatoms. The SMILES string of the molecule is CN(C)CCCN(C)c1cc2c(cc1N)CC(=O)N2. The zero-order valence-corrected chi connectivity index (χ0v) is 11.9. The fraction of sp³-hybridized carbons (Fsp3) is 0.500. The number of fused-ring (bicyclic) bond motifs is 1. The first-order valence-electron chi connectivity index (χ1n) is 6.55. The first kappa shape index (κ1) is 13.7. The number of hydrogen-bond donors (Lipinski definition) is 2. The summed E-state index contributed by atoms with van der Waals surface area (Å²) in [5, 5.41) is 2.86. The molecular weight excluding hydrogens is 240 g/mol. The number of nitrogens with two attached hydrogens (primary N) is 1. The van der Waals surface area contributed by atoms with Crippen LogP contribution in [0.3, 0.4) is 0 Å². The van der Waals surface area contributed by atoms with Crippen LogP contribution >= 0.6 is 0 Å². The Bertz CT molecular complexity index is 485. The molecule has 1 aliphatic heterocycles. The van der Waals surface area contributed by atoms with E-state index < -0.39 is 0 Å². The Hall–Kier alpha value is -1.75. The van der Waals surface area contributed by atoms with E-state index in [1.54, 1.807) is 0 Å². The summed E-state index contributed by atoms with van der Waals surface area (Å²) in [6, 6.07) is 3.89. The summed E-state index contributed by atoms with van der Waals surface area (Å²) in [4.78, 5) is 15.7. The van der Waals surface area contributed by atoms with Crippen molar-refractivity contribution in [2.75, 3.05) is 50.2 Å². The van der Waals surface area contributed by atoms with E-state index in [9.17, 15) is 4.79 Å². The summed E-state index contributed by atoms with van der Waals surface area (Å²) in [5.41, 5.74) is 9.70. The second-order valence-corrected chi connectivity index (χ2v) is 5.37. The van der Waals surface area contributed by atoms with Crippen molar-refractivity contribution in [2.24, 2.45) is 0 Å². The molecule has 0 saturated heterocycles. The molecule has 0 saturated carbocycles. The predicted molar refractivity (Wildman–Crippen MR) is 79.6 cm³/mol. The van der Waals surface area contributed by atoms with Crippen molar-refractivity contribution < 1.29 is 4.79 Å². The molecule has 0 aromatic heterocycles. The predicted octanol–water partition coefficient (Wildman–Crippen LogP) is 1.15. The smallest absolute Gasteiger partial charge is 0.228 e. The van der Waals surface area contributed by atoms with Crippen LogP contribution in [-0.2, 0) is 11.2 Å². The Morgan fingerprint density at radius 1 is 1.26 bits per heavy atom. The van der Waals surface area contributed by atoms with Crippen LogP contribution in [-0.4, -0.2) is 45.0 Å². The van der Waals surface area contributed by atoms with Crippen LogP contribution in [0.1, 0.15) is 12.0 Å². The number of anilines is 3. The third-order valence-corrected chi connectivity index (χ3v) is 3.39. The van der Waals surface area contributed by atoms with E-state index in [0.717, 1.165) is 42.1 Å². The first-order chi connectivity index (χ1) is 8.97. The summed E-state index contributed by atoms with van der Waals surface area (Å²) >= 11 is 0. The fourth-order valence-corrected chi connectivity index (χ4v) is 2.36. The average molecular weight is 262 g/mol. The van der Waals surface area contributed by atoms with Gasteiger partial charge in [0.25, 0.3) is 0 Å². The molecule has 3 N–H and O–H groups in total. The van der Waals surface area contributed by atoms with Crippen LogP contribution in [0.15, 0.2) is 12.1 Å². The summed E-state index contributed by atoms with van der Waals surface area (Å²) in [5.74, 6) is 0.0433. The Balaban J connectivity index is 2.08. The summed E-state index contributed by atoms with van der Waals surface area (Å²) < 4.78 is 0. The van der Waals surface area contributed by atoms with Gasteiger partial charge in [0.05, 0.1) is 17.8 Å². The van der Waals surface area contributed by atoms with Gasteiger partial charge >= 0.3 is 0 Å². The normalized spacial score (nSPS) is 13.6. The Labute approximate surface area is 114 Å². The minimum Gasteiger partial charge on any atom is -0.397 e. The second-order valence-electron chi connectivity index (χ2n) is 5.37. The maximum Gasteiger partial charge on any atom is 0.228 e. The minimum absolute atomic E-state index is 0.0433. The lowest BCUT2D eigenvalue weighted by atomic mass is 10.1. The third-order valence-electron chi connectivity index (χ3n) is 3.39. The van der Waals surface area contributed by atoms with Crippen LogP contribution in [0.4, 0.5) is 17.1 Å². The molecule has 0 spiro atoms. The molecule has 1 amide bonds. The Kier molecular flexibility index (Phi) is 3.95. The van der Waals surface area contributed by atoms with Gasteiger partial charge in [0.15, 0.2) is 0 Å². The molecule has 5 nitrogen and oxygen atoms in total. The molecule has 0 bridgehead atoms. The van der Waals surface area contributed by atoms with Crippen LogP contribution < -0.4 is 16.0 Å². The van der Waals surface area contributed by atoms with E-state index >= 15 is 0 Å². The average Bonchev–Trinajstić information content (AvgIpc) is 2.66. The van der Waals surface area contributed by atoms with Crippen LogP contribution in [0.2, 0.25) is 0 Å². The van der Waals surface area contributed by atoms with Gasteiger partial charge in [-0.25, -0.2) is 0 Å². The van der Waals surface area contributed by atoms with Crippen molar-refractivity contribution in [1.82, 2.24) is 4.90 Å². The maximum atomic E-state index is 11.4. The molecule has 0 fully saturated rings. The van der Waals surface area contributed by atoms with Crippen molar-refractivity contribution >= 4 is 23.0 Å². The molecule has 2 rings (SSSR count). The molecule has 1 aromatic carbocycles. The van der Waals surface area contributed by atoms with E-state index in [1.165, 1.54) is 0 Å². The molecule has 0 atom stereocenters. The number of carbonyl (C=O) groups is 1. The van der Waals surface area contributed by atoms with E-state index in [1.807, 2.05) is 19.2 Å². The molecule has 104 valence electrons. The van der Waals surface area contributed by atoms with E-state index in [4.69, 9.17) is 5.73 Å². The molecule has 1 heterocycles. The van der Waals surface area contributed by atoms with Gasteiger partial charge in [-0.3, -0.25) is 4.79 Å². The lowest BCUT2D eigenvalue weighted by Gasteiger charge is -2.23. The van der Waals surface area contributed by atoms with E-state index in [0.29, 0.717) is 6.42 Å². The van der Waals surface area contributed by atoms with Crippen molar-refractivity contribution in [3.8, 4) is 0 Å². The van der Waals surface area contributed by atoms with Crippen molar-refractivity contribution in [1.29, 1.82) is 0 Å². The number of rotatable bonds is 5. The fourth-order valence-electron chi connectivity index (χ4n) is 2.36. The maximum absolute atomic E-state index is 11.4. The topological polar surface area (TPSA) is 61.6 Å². The van der Waals surface area contributed by atoms with Crippen LogP contribution in [0, 0.1) is 0 Å². The van der Waals surface area contributed by atoms with Gasteiger partial charge in [-0.05, 0) is 44.8 Å². The summed E-state index contributed by atoms with van der Waals surface area (Å²) in [6.07, 6.45) is 1.51. The number of amides is 1. The largest absolute Gasteiger partial charge is 0.397 e. The highest BCUT2D eigenvalue weighted by Crippen LogP contribution is 2.33. The molecular formula is C14H22N4O. The molecule has 0 unspecified atom stereocenters. The highest BCUT2D eigenvalue weighted by atomic mass is 16.1. The lowest BCUT2D eigenvalue weighted by Crippen LogP contribution is -2.24. The van der Waals surface area contributed by atoms with Gasteiger partial charge in [-0.15, -0.1) is 0 Å². The zero-order chi connectivity index (χ0) is 14.0. The third kappa shape index (κ3) is 3.17. The van der Waals surface area contributed by atoms with Crippen LogP contribution in [0.25, 0.3) is 0 Å². The standard InChI is InChI=1S/C14H22N4O/c1-17(2)5-4-6-18(3)13-9-12-10(7-11(13)15)8-14(19)16-12/h7,9H,4-6,8,15H2,1-3H3,(H,16,19). The van der Waals surface area contributed by atoms with Crippen molar-refractivity contribution in [3.63, 3.8) is 0 Å². The van der Waals surface area contributed by atoms with Gasteiger partial charge in [-0.1, -0.05) is 0 Å². The van der Waals surface area contributed by atoms with E-state index in [-0.39, 0.29) is 5.91 Å². The number of nitrogen functional groups attached to an aromatic ring is 1. The Morgan fingerprint density at radius 3 is 2.68 bits per heavy atom. The summed E-state index contributed by atoms with van der Waals surface area (Å²) in [7, 11) is 6.17. The molecule has 19 heavy (non-hydrogen) atoms. The second kappa shape index (κ2) is 5.48. The van der Waals surface area contributed by atoms with Crippen molar-refractivity contribution in [3.05, 3.63) is 17.7 Å². The van der Waals surface area contributed by atoms with Crippen LogP contribution in [0.5, 0.6) is 0 Å². The lowest BCUT2D eigenvalue weighted by molar-refractivity contribution is -0.115. The number of nitrogens with zero attached hydrogens (tertiary/aromatic N) is 2. The molecule has 1 aromatic rings. The highest BCUT2D eigenvalue weighted by Gasteiger charge is 2.20. The van der Waals surface area contributed by atoms with Gasteiger partial charge < -0.3 is 20.9 Å². The molecule has 0 radical (unpaired) electrons. The van der Waals surface area contributed by atoms with Gasteiger partial charge in [-0.2, -0.15) is 0 Å². The highest BCUT2D eigenvalue weighted by molar-refractivity contribution is 6.00. The van der Waals surface area contributed by atoms with Gasteiger partial charge in [0, 0.05) is 19.3 Å². The molecule has 1 aliphatic rings.